The Hall–Kier alpha value is -1.62. The predicted molar refractivity (Wildman–Crippen MR) is 85.9 cm³/mol. The van der Waals surface area contributed by atoms with Crippen LogP contribution in [0, 0.1) is 5.41 Å². The zero-order valence-electron chi connectivity index (χ0n) is 13.2. The van der Waals surface area contributed by atoms with Crippen molar-refractivity contribution < 1.29 is 18.3 Å². The Balaban J connectivity index is 2.10. The van der Waals surface area contributed by atoms with E-state index in [1.807, 2.05) is 0 Å². The quantitative estimate of drug-likeness (QED) is 0.691. The third-order valence-electron chi connectivity index (χ3n) is 4.40. The molecule has 1 atom stereocenters. The molecule has 1 amide bonds. The Morgan fingerprint density at radius 3 is 2.70 bits per heavy atom. The van der Waals surface area contributed by atoms with Gasteiger partial charge < -0.3 is 9.64 Å². The van der Waals surface area contributed by atoms with Gasteiger partial charge in [0, 0.05) is 35.5 Å². The first-order chi connectivity index (χ1) is 10.7. The van der Waals surface area contributed by atoms with Gasteiger partial charge in [-0.15, -0.1) is 0 Å². The van der Waals surface area contributed by atoms with Crippen molar-refractivity contribution in [3.8, 4) is 5.75 Å². The molecule has 23 heavy (non-hydrogen) atoms. The lowest BCUT2D eigenvalue weighted by atomic mass is 10.0. The molecule has 1 aliphatic rings. The fraction of sp³-hybridized carbons (Fsp3) is 0.471. The predicted octanol–water partition coefficient (Wildman–Crippen LogP) is 4.30. The van der Waals surface area contributed by atoms with E-state index in [2.05, 4.69) is 6.58 Å². The first-order valence-corrected chi connectivity index (χ1v) is 7.72. The van der Waals surface area contributed by atoms with Crippen LogP contribution < -0.4 is 4.74 Å². The number of nitrogens with zero attached hydrogens (tertiary/aromatic N) is 1. The summed E-state index contributed by atoms with van der Waals surface area (Å²) in [5, 5.41) is 0.525. The van der Waals surface area contributed by atoms with Gasteiger partial charge in [0.05, 0.1) is 7.11 Å². The van der Waals surface area contributed by atoms with Crippen LogP contribution in [-0.2, 0) is 11.3 Å². The molecular weight excluding hydrogens is 324 g/mol. The summed E-state index contributed by atoms with van der Waals surface area (Å²) in [7, 11) is 1.51. The first kappa shape index (κ1) is 17.7. The number of rotatable bonds is 7. The molecule has 1 aromatic carbocycles. The van der Waals surface area contributed by atoms with E-state index in [4.69, 9.17) is 16.3 Å². The van der Waals surface area contributed by atoms with Gasteiger partial charge in [-0.3, -0.25) is 4.79 Å². The number of amides is 1. The lowest BCUT2D eigenvalue weighted by Gasteiger charge is -2.24. The molecule has 0 aliphatic heterocycles. The summed E-state index contributed by atoms with van der Waals surface area (Å²) in [5.74, 6) is -2.37. The van der Waals surface area contributed by atoms with Crippen LogP contribution in [-0.4, -0.2) is 30.4 Å². The minimum atomic E-state index is -2.63. The van der Waals surface area contributed by atoms with Crippen LogP contribution >= 0.6 is 11.6 Å². The van der Waals surface area contributed by atoms with E-state index >= 15 is 0 Å². The van der Waals surface area contributed by atoms with Gasteiger partial charge in [-0.2, -0.15) is 0 Å². The molecule has 1 saturated carbocycles. The van der Waals surface area contributed by atoms with Crippen molar-refractivity contribution in [3.63, 3.8) is 0 Å². The minimum absolute atomic E-state index is 0.125. The SMILES string of the molecule is C=CC(=O)N(CCC1(C)CC1(F)F)Cc1ccc(Cl)cc1OC. The maximum atomic E-state index is 13.3. The van der Waals surface area contributed by atoms with E-state index in [0.717, 1.165) is 5.56 Å². The third-order valence-corrected chi connectivity index (χ3v) is 4.64. The number of ether oxygens (including phenoxy) is 1. The molecule has 0 heterocycles. The number of benzene rings is 1. The van der Waals surface area contributed by atoms with E-state index in [-0.39, 0.29) is 31.8 Å². The summed E-state index contributed by atoms with van der Waals surface area (Å²) >= 11 is 5.92. The second kappa shape index (κ2) is 6.48. The Kier molecular flexibility index (Phi) is 4.99. The molecule has 6 heteroatoms. The molecule has 3 nitrogen and oxygen atoms in total. The number of carbonyl (C=O) groups excluding carboxylic acids is 1. The van der Waals surface area contributed by atoms with E-state index < -0.39 is 11.3 Å². The number of halogens is 3. The van der Waals surface area contributed by atoms with Crippen LogP contribution in [0.5, 0.6) is 5.75 Å². The van der Waals surface area contributed by atoms with E-state index in [0.29, 0.717) is 10.8 Å². The standard InChI is InChI=1S/C17H20ClF2NO2/c1-4-15(22)21(8-7-16(2)11-17(16,19)20)10-12-5-6-13(18)9-14(12)23-3/h4-6,9H,1,7-8,10-11H2,2-3H3. The number of methoxy groups -OCH3 is 1. The minimum Gasteiger partial charge on any atom is -0.496 e. The number of hydrogen-bond donors (Lipinski definition) is 0. The number of carbonyl (C=O) groups is 1. The highest BCUT2D eigenvalue weighted by Crippen LogP contribution is 2.62. The zero-order chi connectivity index (χ0) is 17.3. The second-order valence-electron chi connectivity index (χ2n) is 6.11. The Bertz CT molecular complexity index is 621. The molecule has 1 aliphatic carbocycles. The molecule has 0 spiro atoms. The van der Waals surface area contributed by atoms with Gasteiger partial charge in [0.15, 0.2) is 0 Å². The van der Waals surface area contributed by atoms with Crippen molar-refractivity contribution in [3.05, 3.63) is 41.4 Å². The third kappa shape index (κ3) is 3.83. The highest BCUT2D eigenvalue weighted by Gasteiger charge is 2.67. The van der Waals surface area contributed by atoms with Crippen molar-refractivity contribution in [1.29, 1.82) is 0 Å². The summed E-state index contributed by atoms with van der Waals surface area (Å²) in [4.78, 5) is 13.5. The first-order valence-electron chi connectivity index (χ1n) is 7.34. The average molecular weight is 344 g/mol. The van der Waals surface area contributed by atoms with Crippen LogP contribution in [0.4, 0.5) is 8.78 Å². The fourth-order valence-electron chi connectivity index (χ4n) is 2.55. The molecule has 0 aromatic heterocycles. The average Bonchev–Trinajstić information content (AvgIpc) is 3.02. The maximum absolute atomic E-state index is 13.3. The Morgan fingerprint density at radius 2 is 2.17 bits per heavy atom. The Labute approximate surface area is 139 Å². The summed E-state index contributed by atoms with van der Waals surface area (Å²) < 4.78 is 32.0. The smallest absolute Gasteiger partial charge is 0.254 e. The van der Waals surface area contributed by atoms with Gasteiger partial charge in [0.1, 0.15) is 5.75 Å². The van der Waals surface area contributed by atoms with Crippen molar-refractivity contribution in [2.24, 2.45) is 5.41 Å². The zero-order valence-corrected chi connectivity index (χ0v) is 14.0. The van der Waals surface area contributed by atoms with Crippen molar-refractivity contribution in [1.82, 2.24) is 4.90 Å². The molecule has 0 N–H and O–H groups in total. The van der Waals surface area contributed by atoms with Crippen molar-refractivity contribution >= 4 is 17.5 Å². The molecule has 2 rings (SSSR count). The van der Waals surface area contributed by atoms with Crippen LogP contribution in [0.1, 0.15) is 25.3 Å². The monoisotopic (exact) mass is 343 g/mol. The fourth-order valence-corrected chi connectivity index (χ4v) is 2.71. The summed E-state index contributed by atoms with van der Waals surface area (Å²) in [6.07, 6.45) is 1.31. The highest BCUT2D eigenvalue weighted by atomic mass is 35.5. The molecule has 1 unspecified atom stereocenters. The Morgan fingerprint density at radius 1 is 1.52 bits per heavy atom. The maximum Gasteiger partial charge on any atom is 0.254 e. The van der Waals surface area contributed by atoms with E-state index in [9.17, 15) is 13.6 Å². The van der Waals surface area contributed by atoms with Gasteiger partial charge >= 0.3 is 0 Å². The molecule has 1 fully saturated rings. The molecule has 0 saturated heterocycles. The number of alkyl halides is 2. The van der Waals surface area contributed by atoms with Crippen LogP contribution in [0.2, 0.25) is 5.02 Å². The molecule has 0 radical (unpaired) electrons. The van der Waals surface area contributed by atoms with Crippen molar-refractivity contribution in [2.75, 3.05) is 13.7 Å². The van der Waals surface area contributed by atoms with E-state index in [1.165, 1.54) is 18.1 Å². The summed E-state index contributed by atoms with van der Waals surface area (Å²) in [6.45, 7) is 5.52. The molecule has 0 bridgehead atoms. The normalized spacial score (nSPS) is 21.6. The largest absolute Gasteiger partial charge is 0.496 e. The van der Waals surface area contributed by atoms with Crippen LogP contribution in [0.25, 0.3) is 0 Å². The lowest BCUT2D eigenvalue weighted by molar-refractivity contribution is -0.127. The lowest BCUT2D eigenvalue weighted by Crippen LogP contribution is -2.31. The van der Waals surface area contributed by atoms with Gasteiger partial charge in [-0.05, 0) is 24.6 Å². The topological polar surface area (TPSA) is 29.5 Å². The van der Waals surface area contributed by atoms with Crippen molar-refractivity contribution in [2.45, 2.75) is 32.2 Å². The molecular formula is C17H20ClF2NO2. The highest BCUT2D eigenvalue weighted by molar-refractivity contribution is 6.30. The van der Waals surface area contributed by atoms with Gasteiger partial charge in [-0.25, -0.2) is 8.78 Å². The van der Waals surface area contributed by atoms with Gasteiger partial charge in [0.2, 0.25) is 5.91 Å². The summed E-state index contributed by atoms with van der Waals surface area (Å²) in [5.41, 5.74) is -0.253. The molecule has 126 valence electrons. The number of hydrogen-bond acceptors (Lipinski definition) is 2. The van der Waals surface area contributed by atoms with Crippen LogP contribution in [0.15, 0.2) is 30.9 Å². The summed E-state index contributed by atoms with van der Waals surface area (Å²) in [6, 6.07) is 5.12. The van der Waals surface area contributed by atoms with Gasteiger partial charge in [0.25, 0.3) is 5.92 Å². The molecule has 1 aromatic rings. The second-order valence-corrected chi connectivity index (χ2v) is 6.55. The van der Waals surface area contributed by atoms with Crippen LogP contribution in [0.3, 0.4) is 0 Å². The van der Waals surface area contributed by atoms with Gasteiger partial charge in [-0.1, -0.05) is 31.2 Å². The van der Waals surface area contributed by atoms with E-state index in [1.54, 1.807) is 25.1 Å².